The molecule has 1 aromatic rings. The molecule has 1 saturated heterocycles. The lowest BCUT2D eigenvalue weighted by atomic mass is 9.74. The van der Waals surface area contributed by atoms with Crippen molar-refractivity contribution < 1.29 is 14.3 Å². The fraction of sp³-hybridized carbons (Fsp3) is 0.579. The molecular weight excluding hydrogens is 304 g/mol. The molecule has 0 atom stereocenters. The van der Waals surface area contributed by atoms with Crippen LogP contribution in [-0.4, -0.2) is 54.5 Å². The van der Waals surface area contributed by atoms with E-state index in [2.05, 4.69) is 34.1 Å². The minimum atomic E-state index is -0.216. The summed E-state index contributed by atoms with van der Waals surface area (Å²) < 4.78 is 5.05. The maximum Gasteiger partial charge on any atom is 0.320 e. The molecule has 2 aliphatic rings. The fourth-order valence-corrected chi connectivity index (χ4v) is 4.25. The van der Waals surface area contributed by atoms with Gasteiger partial charge < -0.3 is 9.64 Å². The molecule has 0 saturated carbocycles. The lowest BCUT2D eigenvalue weighted by Crippen LogP contribution is -2.58. The number of piperidine rings is 1. The highest BCUT2D eigenvalue weighted by atomic mass is 16.5. The molecule has 2 aliphatic heterocycles. The molecule has 2 heterocycles. The van der Waals surface area contributed by atoms with Crippen LogP contribution in [0.25, 0.3) is 0 Å². The largest absolute Gasteiger partial charge is 0.465 e. The number of nitrogens with zero attached hydrogens (tertiary/aromatic N) is 2. The van der Waals surface area contributed by atoms with Gasteiger partial charge in [0.25, 0.3) is 0 Å². The zero-order chi connectivity index (χ0) is 17.2. The number of ether oxygens (including phenoxy) is 1. The van der Waals surface area contributed by atoms with E-state index in [1.165, 1.54) is 11.1 Å². The molecule has 1 aromatic carbocycles. The van der Waals surface area contributed by atoms with E-state index in [1.54, 1.807) is 6.92 Å². The van der Waals surface area contributed by atoms with Crippen LogP contribution in [0.15, 0.2) is 24.3 Å². The van der Waals surface area contributed by atoms with Crippen molar-refractivity contribution in [3.8, 4) is 0 Å². The van der Waals surface area contributed by atoms with Crippen molar-refractivity contribution in [3.63, 3.8) is 0 Å². The molecule has 0 unspecified atom stereocenters. The van der Waals surface area contributed by atoms with Gasteiger partial charge in [-0.25, -0.2) is 0 Å². The van der Waals surface area contributed by atoms with Crippen molar-refractivity contribution >= 4 is 11.9 Å². The first kappa shape index (κ1) is 17.0. The van der Waals surface area contributed by atoms with Crippen LogP contribution in [0.5, 0.6) is 0 Å². The third-order valence-electron chi connectivity index (χ3n) is 5.36. The van der Waals surface area contributed by atoms with Crippen molar-refractivity contribution in [1.82, 2.24) is 9.80 Å². The number of fused-ring (bicyclic) bond motifs is 2. The Labute approximate surface area is 143 Å². The van der Waals surface area contributed by atoms with Gasteiger partial charge in [-0.1, -0.05) is 24.3 Å². The molecule has 130 valence electrons. The van der Waals surface area contributed by atoms with Crippen LogP contribution < -0.4 is 0 Å². The van der Waals surface area contributed by atoms with Crippen LogP contribution in [0.3, 0.4) is 0 Å². The predicted octanol–water partition coefficient (Wildman–Crippen LogP) is 1.95. The smallest absolute Gasteiger partial charge is 0.320 e. The molecule has 1 spiro atoms. The predicted molar refractivity (Wildman–Crippen MR) is 91.5 cm³/mol. The van der Waals surface area contributed by atoms with Crippen molar-refractivity contribution in [2.24, 2.45) is 0 Å². The summed E-state index contributed by atoms with van der Waals surface area (Å²) in [5.74, 6) is -0.0238. The van der Waals surface area contributed by atoms with Crippen molar-refractivity contribution in [3.05, 3.63) is 35.4 Å². The number of esters is 1. The van der Waals surface area contributed by atoms with Crippen LogP contribution in [0, 0.1) is 0 Å². The highest BCUT2D eigenvalue weighted by Gasteiger charge is 2.45. The quantitative estimate of drug-likeness (QED) is 0.795. The second kappa shape index (κ2) is 6.93. The number of carbonyl (C=O) groups excluding carboxylic acids is 2. The third kappa shape index (κ3) is 3.05. The number of rotatable bonds is 3. The highest BCUT2D eigenvalue weighted by molar-refractivity contribution is 5.75. The van der Waals surface area contributed by atoms with Crippen LogP contribution in [-0.2, 0) is 26.3 Å². The number of hydrogen-bond acceptors (Lipinski definition) is 4. The first-order chi connectivity index (χ1) is 11.6. The molecule has 0 aliphatic carbocycles. The summed E-state index contributed by atoms with van der Waals surface area (Å²) >= 11 is 0. The Bertz CT molecular complexity index is 621. The molecule has 0 aromatic heterocycles. The molecule has 3 rings (SSSR count). The van der Waals surface area contributed by atoms with Gasteiger partial charge in [-0.05, 0) is 37.3 Å². The van der Waals surface area contributed by atoms with E-state index in [0.29, 0.717) is 13.2 Å². The van der Waals surface area contributed by atoms with Gasteiger partial charge in [0.2, 0.25) is 5.91 Å². The second-order valence-electron chi connectivity index (χ2n) is 6.69. The molecule has 1 fully saturated rings. The normalized spacial score (nSPS) is 19.8. The Hall–Kier alpha value is -1.88. The Balaban J connectivity index is 1.81. The molecule has 1 amide bonds. The minimum Gasteiger partial charge on any atom is -0.465 e. The standard InChI is InChI=1S/C19H26N2O3/c1-3-24-18(23)14-20-12-9-19(10-13-20)17-7-5-4-6-16(17)8-11-21(19)15(2)22/h4-7H,3,8-14H2,1-2H3. The highest BCUT2D eigenvalue weighted by Crippen LogP contribution is 2.43. The Morgan fingerprint density at radius 3 is 2.54 bits per heavy atom. The number of benzene rings is 1. The molecule has 0 radical (unpaired) electrons. The average Bonchev–Trinajstić information content (AvgIpc) is 2.57. The first-order valence-electron chi connectivity index (χ1n) is 8.81. The van der Waals surface area contributed by atoms with Gasteiger partial charge in [0.05, 0.1) is 18.7 Å². The summed E-state index contributed by atoms with van der Waals surface area (Å²) in [7, 11) is 0. The van der Waals surface area contributed by atoms with E-state index in [1.807, 2.05) is 6.92 Å². The van der Waals surface area contributed by atoms with E-state index in [9.17, 15) is 9.59 Å². The number of amides is 1. The third-order valence-corrected chi connectivity index (χ3v) is 5.36. The maximum atomic E-state index is 12.3. The summed E-state index contributed by atoms with van der Waals surface area (Å²) in [5.41, 5.74) is 2.43. The summed E-state index contributed by atoms with van der Waals surface area (Å²) in [6.45, 7) is 6.64. The van der Waals surface area contributed by atoms with Gasteiger partial charge in [0, 0.05) is 26.6 Å². The number of hydrogen-bond donors (Lipinski definition) is 0. The monoisotopic (exact) mass is 330 g/mol. The Morgan fingerprint density at radius 2 is 1.88 bits per heavy atom. The lowest BCUT2D eigenvalue weighted by molar-refractivity contribution is -0.147. The molecule has 5 heteroatoms. The Kier molecular flexibility index (Phi) is 4.90. The average molecular weight is 330 g/mol. The van der Waals surface area contributed by atoms with Gasteiger partial charge in [-0.15, -0.1) is 0 Å². The zero-order valence-corrected chi connectivity index (χ0v) is 14.6. The second-order valence-corrected chi connectivity index (χ2v) is 6.69. The minimum absolute atomic E-state index is 0.142. The first-order valence-corrected chi connectivity index (χ1v) is 8.81. The summed E-state index contributed by atoms with van der Waals surface area (Å²) in [4.78, 5) is 28.2. The van der Waals surface area contributed by atoms with Gasteiger partial charge >= 0.3 is 5.97 Å². The lowest BCUT2D eigenvalue weighted by Gasteiger charge is -2.52. The summed E-state index contributed by atoms with van der Waals surface area (Å²) in [6.07, 6.45) is 2.65. The molecule has 24 heavy (non-hydrogen) atoms. The molecular formula is C19H26N2O3. The fourth-order valence-electron chi connectivity index (χ4n) is 4.25. The zero-order valence-electron chi connectivity index (χ0n) is 14.6. The number of likely N-dealkylation sites (tertiary alicyclic amines) is 1. The summed E-state index contributed by atoms with van der Waals surface area (Å²) in [5, 5.41) is 0. The van der Waals surface area contributed by atoms with Gasteiger partial charge in [-0.3, -0.25) is 14.5 Å². The Morgan fingerprint density at radius 1 is 1.17 bits per heavy atom. The van der Waals surface area contributed by atoms with Gasteiger partial charge in [0.15, 0.2) is 0 Å². The van der Waals surface area contributed by atoms with Crippen LogP contribution in [0.1, 0.15) is 37.8 Å². The van der Waals surface area contributed by atoms with E-state index in [0.717, 1.165) is 38.9 Å². The van der Waals surface area contributed by atoms with E-state index in [-0.39, 0.29) is 17.4 Å². The van der Waals surface area contributed by atoms with Crippen molar-refractivity contribution in [2.75, 3.05) is 32.8 Å². The molecule has 0 N–H and O–H groups in total. The molecule has 5 nitrogen and oxygen atoms in total. The van der Waals surface area contributed by atoms with Crippen molar-refractivity contribution in [1.29, 1.82) is 0 Å². The summed E-state index contributed by atoms with van der Waals surface area (Å²) in [6, 6.07) is 8.49. The maximum absolute atomic E-state index is 12.3. The van der Waals surface area contributed by atoms with Crippen LogP contribution in [0.4, 0.5) is 0 Å². The van der Waals surface area contributed by atoms with Gasteiger partial charge in [0.1, 0.15) is 0 Å². The van der Waals surface area contributed by atoms with Crippen molar-refractivity contribution in [2.45, 2.75) is 38.6 Å². The van der Waals surface area contributed by atoms with Gasteiger partial charge in [-0.2, -0.15) is 0 Å². The van der Waals surface area contributed by atoms with Crippen LogP contribution in [0.2, 0.25) is 0 Å². The van der Waals surface area contributed by atoms with E-state index in [4.69, 9.17) is 4.74 Å². The SMILES string of the molecule is CCOC(=O)CN1CCC2(CC1)c1ccccc1CCN2C(C)=O. The molecule has 0 bridgehead atoms. The number of carbonyl (C=O) groups is 2. The van der Waals surface area contributed by atoms with E-state index >= 15 is 0 Å². The topological polar surface area (TPSA) is 49.9 Å². The van der Waals surface area contributed by atoms with Crippen LogP contribution >= 0.6 is 0 Å². The van der Waals surface area contributed by atoms with E-state index < -0.39 is 0 Å².